The molecular formula is C18H27N3O3. The van der Waals surface area contributed by atoms with Crippen LogP contribution in [0.25, 0.3) is 0 Å². The number of methoxy groups -OCH3 is 1. The molecule has 3 N–H and O–H groups in total. The summed E-state index contributed by atoms with van der Waals surface area (Å²) in [4.78, 5) is 25.6. The van der Waals surface area contributed by atoms with E-state index in [0.29, 0.717) is 6.54 Å². The number of nitrogens with two attached hydrogens (primary N) is 1. The number of likely N-dealkylation sites (tertiary alicyclic amines) is 1. The Morgan fingerprint density at radius 3 is 2.46 bits per heavy atom. The predicted molar refractivity (Wildman–Crippen MR) is 92.7 cm³/mol. The highest BCUT2D eigenvalue weighted by atomic mass is 16.5. The van der Waals surface area contributed by atoms with Gasteiger partial charge in [-0.25, -0.2) is 0 Å². The second-order valence-electron chi connectivity index (χ2n) is 6.28. The molecule has 1 aromatic rings. The van der Waals surface area contributed by atoms with E-state index in [0.717, 1.165) is 43.7 Å². The molecule has 0 aliphatic carbocycles. The Labute approximate surface area is 143 Å². The molecular weight excluding hydrogens is 306 g/mol. The molecule has 1 saturated heterocycles. The lowest BCUT2D eigenvalue weighted by atomic mass is 9.95. The van der Waals surface area contributed by atoms with E-state index in [1.807, 2.05) is 31.2 Å². The molecule has 1 atom stereocenters. The zero-order valence-electron chi connectivity index (χ0n) is 14.5. The van der Waals surface area contributed by atoms with Gasteiger partial charge in [0.05, 0.1) is 13.2 Å². The first-order valence-electron chi connectivity index (χ1n) is 8.45. The smallest absolute Gasteiger partial charge is 0.237 e. The van der Waals surface area contributed by atoms with Crippen molar-refractivity contribution in [2.75, 3.05) is 26.7 Å². The van der Waals surface area contributed by atoms with Crippen LogP contribution in [0.15, 0.2) is 24.3 Å². The van der Waals surface area contributed by atoms with Crippen LogP contribution in [0, 0.1) is 5.92 Å². The van der Waals surface area contributed by atoms with Crippen LogP contribution in [0.2, 0.25) is 0 Å². The largest absolute Gasteiger partial charge is 0.497 e. The number of hydrogen-bond donors (Lipinski definition) is 2. The number of carbonyl (C=O) groups is 2. The SMILES string of the molecule is COc1ccc(CCNC(=O)[C@H](C)N2CCC(C(N)=O)CC2)cc1. The summed E-state index contributed by atoms with van der Waals surface area (Å²) in [7, 11) is 1.64. The Hall–Kier alpha value is -2.08. The van der Waals surface area contributed by atoms with Gasteiger partial charge in [-0.1, -0.05) is 12.1 Å². The van der Waals surface area contributed by atoms with E-state index in [2.05, 4.69) is 10.2 Å². The predicted octanol–water partition coefficient (Wildman–Crippen LogP) is 0.940. The molecule has 0 aromatic heterocycles. The number of nitrogens with one attached hydrogen (secondary N) is 1. The molecule has 0 bridgehead atoms. The molecule has 6 heteroatoms. The van der Waals surface area contributed by atoms with Gasteiger partial charge in [-0.15, -0.1) is 0 Å². The summed E-state index contributed by atoms with van der Waals surface area (Å²) in [6.45, 7) is 3.99. The van der Waals surface area contributed by atoms with Crippen molar-refractivity contribution in [2.45, 2.75) is 32.2 Å². The number of primary amides is 1. The van der Waals surface area contributed by atoms with Crippen molar-refractivity contribution >= 4 is 11.8 Å². The summed E-state index contributed by atoms with van der Waals surface area (Å²) in [5, 5.41) is 2.99. The van der Waals surface area contributed by atoms with Crippen LogP contribution in [0.1, 0.15) is 25.3 Å². The second kappa shape index (κ2) is 8.68. The third-order valence-corrected chi connectivity index (χ3v) is 4.73. The molecule has 0 radical (unpaired) electrons. The van der Waals surface area contributed by atoms with Gasteiger partial charge in [0.25, 0.3) is 0 Å². The minimum atomic E-state index is -0.230. The van der Waals surface area contributed by atoms with E-state index in [4.69, 9.17) is 10.5 Å². The van der Waals surface area contributed by atoms with Gasteiger partial charge < -0.3 is 15.8 Å². The highest BCUT2D eigenvalue weighted by Gasteiger charge is 2.28. The Bertz CT molecular complexity index is 551. The summed E-state index contributed by atoms with van der Waals surface area (Å²) in [6, 6.07) is 7.66. The van der Waals surface area contributed by atoms with Crippen molar-refractivity contribution in [3.63, 3.8) is 0 Å². The number of rotatable bonds is 7. The average molecular weight is 333 g/mol. The van der Waals surface area contributed by atoms with Gasteiger partial charge in [0.2, 0.25) is 11.8 Å². The van der Waals surface area contributed by atoms with Crippen LogP contribution in [0.3, 0.4) is 0 Å². The Morgan fingerprint density at radius 2 is 1.92 bits per heavy atom. The Morgan fingerprint density at radius 1 is 1.29 bits per heavy atom. The van der Waals surface area contributed by atoms with Crippen molar-refractivity contribution < 1.29 is 14.3 Å². The molecule has 1 aliphatic heterocycles. The monoisotopic (exact) mass is 333 g/mol. The zero-order valence-corrected chi connectivity index (χ0v) is 14.5. The summed E-state index contributed by atoms with van der Waals surface area (Å²) < 4.78 is 5.13. The van der Waals surface area contributed by atoms with Crippen molar-refractivity contribution in [3.8, 4) is 5.75 Å². The van der Waals surface area contributed by atoms with Gasteiger partial charge in [0.15, 0.2) is 0 Å². The Balaban J connectivity index is 1.72. The maximum atomic E-state index is 12.3. The number of ether oxygens (including phenoxy) is 1. The van der Waals surface area contributed by atoms with Crippen molar-refractivity contribution in [2.24, 2.45) is 11.7 Å². The lowest BCUT2D eigenvalue weighted by Crippen LogP contribution is -2.49. The van der Waals surface area contributed by atoms with E-state index in [1.54, 1.807) is 7.11 Å². The molecule has 132 valence electrons. The Kier molecular flexibility index (Phi) is 6.61. The maximum absolute atomic E-state index is 12.3. The quantitative estimate of drug-likeness (QED) is 0.778. The molecule has 2 rings (SSSR count). The van der Waals surface area contributed by atoms with Gasteiger partial charge in [-0.05, 0) is 57.0 Å². The molecule has 6 nitrogen and oxygen atoms in total. The van der Waals surface area contributed by atoms with Gasteiger partial charge in [-0.3, -0.25) is 14.5 Å². The number of hydrogen-bond acceptors (Lipinski definition) is 4. The van der Waals surface area contributed by atoms with Crippen LogP contribution in [-0.4, -0.2) is 49.5 Å². The molecule has 24 heavy (non-hydrogen) atoms. The normalized spacial score (nSPS) is 17.2. The third kappa shape index (κ3) is 4.96. The molecule has 1 fully saturated rings. The van der Waals surface area contributed by atoms with Gasteiger partial charge >= 0.3 is 0 Å². The minimum absolute atomic E-state index is 0.0287. The lowest BCUT2D eigenvalue weighted by molar-refractivity contribution is -0.127. The topological polar surface area (TPSA) is 84.7 Å². The van der Waals surface area contributed by atoms with Crippen LogP contribution in [0.4, 0.5) is 0 Å². The first-order chi connectivity index (χ1) is 11.5. The van der Waals surface area contributed by atoms with Gasteiger partial charge in [0, 0.05) is 12.5 Å². The molecule has 1 heterocycles. The van der Waals surface area contributed by atoms with Crippen molar-refractivity contribution in [1.29, 1.82) is 0 Å². The number of amides is 2. The highest BCUT2D eigenvalue weighted by Crippen LogP contribution is 2.18. The lowest BCUT2D eigenvalue weighted by Gasteiger charge is -2.34. The highest BCUT2D eigenvalue weighted by molar-refractivity contribution is 5.81. The standard InChI is InChI=1S/C18H27N3O3/c1-13(21-11-8-15(9-12-21)17(19)22)18(23)20-10-7-14-3-5-16(24-2)6-4-14/h3-6,13,15H,7-12H2,1-2H3,(H2,19,22)(H,20,23)/t13-/m0/s1. The van der Waals surface area contributed by atoms with E-state index >= 15 is 0 Å². The van der Waals surface area contributed by atoms with Crippen LogP contribution < -0.4 is 15.8 Å². The number of nitrogens with zero attached hydrogens (tertiary/aromatic N) is 1. The third-order valence-electron chi connectivity index (χ3n) is 4.73. The van der Waals surface area contributed by atoms with Crippen LogP contribution in [0.5, 0.6) is 5.75 Å². The van der Waals surface area contributed by atoms with Crippen LogP contribution >= 0.6 is 0 Å². The molecule has 0 spiro atoms. The van der Waals surface area contributed by atoms with Gasteiger partial charge in [0.1, 0.15) is 5.75 Å². The minimum Gasteiger partial charge on any atom is -0.497 e. The molecule has 1 aliphatic rings. The number of benzene rings is 1. The summed E-state index contributed by atoms with van der Waals surface area (Å²) in [5.41, 5.74) is 6.50. The average Bonchev–Trinajstić information content (AvgIpc) is 2.61. The summed E-state index contributed by atoms with van der Waals surface area (Å²) >= 11 is 0. The zero-order chi connectivity index (χ0) is 17.5. The fourth-order valence-electron chi connectivity index (χ4n) is 3.01. The molecule has 1 aromatic carbocycles. The molecule has 0 unspecified atom stereocenters. The molecule has 2 amide bonds. The fraction of sp³-hybridized carbons (Fsp3) is 0.556. The van der Waals surface area contributed by atoms with Gasteiger partial charge in [-0.2, -0.15) is 0 Å². The second-order valence-corrected chi connectivity index (χ2v) is 6.28. The van der Waals surface area contributed by atoms with Crippen molar-refractivity contribution in [1.82, 2.24) is 10.2 Å². The van der Waals surface area contributed by atoms with E-state index < -0.39 is 0 Å². The summed E-state index contributed by atoms with van der Waals surface area (Å²) in [5.74, 6) is 0.578. The fourth-order valence-corrected chi connectivity index (χ4v) is 3.01. The maximum Gasteiger partial charge on any atom is 0.237 e. The van der Waals surface area contributed by atoms with Crippen LogP contribution in [-0.2, 0) is 16.0 Å². The van der Waals surface area contributed by atoms with E-state index in [-0.39, 0.29) is 23.8 Å². The number of piperidine rings is 1. The summed E-state index contributed by atoms with van der Waals surface area (Å²) in [6.07, 6.45) is 2.25. The molecule has 0 saturated carbocycles. The van der Waals surface area contributed by atoms with Crippen molar-refractivity contribution in [3.05, 3.63) is 29.8 Å². The van der Waals surface area contributed by atoms with E-state index in [9.17, 15) is 9.59 Å². The van der Waals surface area contributed by atoms with E-state index in [1.165, 1.54) is 0 Å². The number of carbonyl (C=O) groups excluding carboxylic acids is 2. The first-order valence-corrected chi connectivity index (χ1v) is 8.45. The first kappa shape index (κ1) is 18.3.